The molecular weight excluding hydrogens is 198 g/mol. The number of thioether (sulfide) groups is 1. The van der Waals surface area contributed by atoms with E-state index in [4.69, 9.17) is 11.0 Å². The number of amides is 1. The van der Waals surface area contributed by atoms with Gasteiger partial charge in [0.25, 0.3) is 0 Å². The fourth-order valence-corrected chi connectivity index (χ4v) is 1.40. The summed E-state index contributed by atoms with van der Waals surface area (Å²) in [5.41, 5.74) is 5.64. The topological polar surface area (TPSA) is 78.9 Å². The molecule has 0 heterocycles. The third-order valence-electron chi connectivity index (χ3n) is 1.76. The first-order valence-electron chi connectivity index (χ1n) is 4.53. The van der Waals surface area contributed by atoms with E-state index in [0.717, 1.165) is 5.75 Å². The van der Waals surface area contributed by atoms with Gasteiger partial charge in [-0.1, -0.05) is 0 Å². The van der Waals surface area contributed by atoms with Gasteiger partial charge >= 0.3 is 0 Å². The molecule has 0 fully saturated rings. The molecule has 1 amide bonds. The lowest BCUT2D eigenvalue weighted by Crippen LogP contribution is -2.44. The van der Waals surface area contributed by atoms with E-state index in [-0.39, 0.29) is 11.9 Å². The van der Waals surface area contributed by atoms with Gasteiger partial charge in [-0.25, -0.2) is 0 Å². The summed E-state index contributed by atoms with van der Waals surface area (Å²) in [6, 6.07) is 1.42. The van der Waals surface area contributed by atoms with Crippen molar-refractivity contribution in [3.8, 4) is 6.07 Å². The molecule has 0 saturated carbocycles. The van der Waals surface area contributed by atoms with Gasteiger partial charge in [0.15, 0.2) is 0 Å². The van der Waals surface area contributed by atoms with Gasteiger partial charge in [0.1, 0.15) is 0 Å². The molecule has 0 bridgehead atoms. The van der Waals surface area contributed by atoms with E-state index in [1.807, 2.05) is 12.3 Å². The number of carbonyl (C=O) groups is 1. The zero-order valence-electron chi connectivity index (χ0n) is 8.62. The first kappa shape index (κ1) is 13.3. The van der Waals surface area contributed by atoms with Crippen molar-refractivity contribution in [2.24, 2.45) is 5.73 Å². The summed E-state index contributed by atoms with van der Waals surface area (Å²) in [5.74, 6) is 0.711. The molecule has 0 saturated heterocycles. The number of nitrogens with zero attached hydrogens (tertiary/aromatic N) is 1. The number of hydrogen-bond donors (Lipinski definition) is 2. The molecule has 1 unspecified atom stereocenters. The molecule has 3 N–H and O–H groups in total. The van der Waals surface area contributed by atoms with Crippen LogP contribution in [0.4, 0.5) is 0 Å². The van der Waals surface area contributed by atoms with E-state index in [0.29, 0.717) is 12.8 Å². The second-order valence-corrected chi connectivity index (χ2v) is 4.15. The monoisotopic (exact) mass is 215 g/mol. The third kappa shape index (κ3) is 5.84. The third-order valence-corrected chi connectivity index (χ3v) is 2.40. The molecule has 0 spiro atoms. The Bertz CT molecular complexity index is 215. The van der Waals surface area contributed by atoms with E-state index in [1.165, 1.54) is 0 Å². The first-order chi connectivity index (χ1) is 6.61. The average molecular weight is 215 g/mol. The van der Waals surface area contributed by atoms with Crippen LogP contribution < -0.4 is 11.1 Å². The lowest BCUT2D eigenvalue weighted by Gasteiger charge is -2.14. The summed E-state index contributed by atoms with van der Waals surface area (Å²) in [5, 5.41) is 11.1. The summed E-state index contributed by atoms with van der Waals surface area (Å²) in [4.78, 5) is 11.4. The van der Waals surface area contributed by atoms with Crippen molar-refractivity contribution in [2.45, 2.75) is 31.8 Å². The number of rotatable bonds is 6. The van der Waals surface area contributed by atoms with Crippen molar-refractivity contribution in [1.82, 2.24) is 5.32 Å². The highest BCUT2D eigenvalue weighted by molar-refractivity contribution is 7.98. The number of carbonyl (C=O) groups excluding carboxylic acids is 1. The Morgan fingerprint density at radius 1 is 1.71 bits per heavy atom. The number of nitriles is 1. The van der Waals surface area contributed by atoms with Crippen molar-refractivity contribution >= 4 is 17.7 Å². The SMILES string of the molecule is CSCC[C@@H](N)C(=O)NC(C)CC#N. The van der Waals surface area contributed by atoms with Crippen LogP contribution in [0.3, 0.4) is 0 Å². The maximum Gasteiger partial charge on any atom is 0.237 e. The second kappa shape index (κ2) is 7.65. The molecule has 5 heteroatoms. The lowest BCUT2D eigenvalue weighted by molar-refractivity contribution is -0.122. The van der Waals surface area contributed by atoms with Crippen molar-refractivity contribution in [1.29, 1.82) is 5.26 Å². The number of nitrogens with two attached hydrogens (primary N) is 1. The molecule has 2 atom stereocenters. The first-order valence-corrected chi connectivity index (χ1v) is 5.93. The predicted octanol–water partition coefficient (Wildman–Crippen LogP) is 0.485. The van der Waals surface area contributed by atoms with Crippen LogP contribution >= 0.6 is 11.8 Å². The van der Waals surface area contributed by atoms with Crippen LogP contribution in [0.2, 0.25) is 0 Å². The van der Waals surface area contributed by atoms with Gasteiger partial charge in [-0.15, -0.1) is 0 Å². The fraction of sp³-hybridized carbons (Fsp3) is 0.778. The Labute approximate surface area is 89.2 Å². The van der Waals surface area contributed by atoms with Crippen LogP contribution in [0.25, 0.3) is 0 Å². The molecule has 80 valence electrons. The highest BCUT2D eigenvalue weighted by Gasteiger charge is 2.14. The van der Waals surface area contributed by atoms with Crippen LogP contribution in [0.1, 0.15) is 19.8 Å². The van der Waals surface area contributed by atoms with Crippen molar-refractivity contribution in [3.05, 3.63) is 0 Å². The van der Waals surface area contributed by atoms with Crippen LogP contribution in [-0.2, 0) is 4.79 Å². The Kier molecular flexibility index (Phi) is 7.25. The van der Waals surface area contributed by atoms with E-state index in [9.17, 15) is 4.79 Å². The summed E-state index contributed by atoms with van der Waals surface area (Å²) in [6.07, 6.45) is 2.97. The maximum atomic E-state index is 11.4. The zero-order valence-corrected chi connectivity index (χ0v) is 9.43. The molecule has 0 radical (unpaired) electrons. The average Bonchev–Trinajstić information content (AvgIpc) is 2.14. The van der Waals surface area contributed by atoms with Crippen LogP contribution in [0.5, 0.6) is 0 Å². The largest absolute Gasteiger partial charge is 0.351 e. The second-order valence-electron chi connectivity index (χ2n) is 3.16. The summed E-state index contributed by atoms with van der Waals surface area (Å²) >= 11 is 1.66. The van der Waals surface area contributed by atoms with Crippen LogP contribution in [0, 0.1) is 11.3 Å². The molecule has 0 aromatic heterocycles. The van der Waals surface area contributed by atoms with Gasteiger partial charge in [0.05, 0.1) is 18.5 Å². The molecule has 0 aliphatic heterocycles. The molecule has 4 nitrogen and oxygen atoms in total. The minimum atomic E-state index is -0.455. The molecule has 0 aromatic carbocycles. The fourth-order valence-electron chi connectivity index (χ4n) is 0.914. The minimum Gasteiger partial charge on any atom is -0.351 e. The Balaban J connectivity index is 3.77. The van der Waals surface area contributed by atoms with Crippen molar-refractivity contribution in [3.63, 3.8) is 0 Å². The summed E-state index contributed by atoms with van der Waals surface area (Å²) < 4.78 is 0. The Morgan fingerprint density at radius 3 is 2.86 bits per heavy atom. The molecule has 14 heavy (non-hydrogen) atoms. The van der Waals surface area contributed by atoms with Crippen molar-refractivity contribution in [2.75, 3.05) is 12.0 Å². The van der Waals surface area contributed by atoms with Gasteiger partial charge in [-0.3, -0.25) is 4.79 Å². The van der Waals surface area contributed by atoms with Gasteiger partial charge in [-0.05, 0) is 25.4 Å². The molecule has 0 rings (SSSR count). The number of hydrogen-bond acceptors (Lipinski definition) is 4. The van der Waals surface area contributed by atoms with E-state index in [1.54, 1.807) is 18.7 Å². The summed E-state index contributed by atoms with van der Waals surface area (Å²) in [6.45, 7) is 1.79. The van der Waals surface area contributed by atoms with Gasteiger partial charge < -0.3 is 11.1 Å². The summed E-state index contributed by atoms with van der Waals surface area (Å²) in [7, 11) is 0. The van der Waals surface area contributed by atoms with Crippen molar-refractivity contribution < 1.29 is 4.79 Å². The van der Waals surface area contributed by atoms with E-state index in [2.05, 4.69) is 5.32 Å². The predicted molar refractivity (Wildman–Crippen MR) is 58.8 cm³/mol. The van der Waals surface area contributed by atoms with Gasteiger partial charge in [-0.2, -0.15) is 17.0 Å². The number of nitrogens with one attached hydrogen (secondary N) is 1. The van der Waals surface area contributed by atoms with Gasteiger partial charge in [0, 0.05) is 6.04 Å². The highest BCUT2D eigenvalue weighted by atomic mass is 32.2. The highest BCUT2D eigenvalue weighted by Crippen LogP contribution is 1.99. The Morgan fingerprint density at radius 2 is 2.36 bits per heavy atom. The maximum absolute atomic E-state index is 11.4. The molecule has 0 aromatic rings. The quantitative estimate of drug-likeness (QED) is 0.675. The van der Waals surface area contributed by atoms with E-state index >= 15 is 0 Å². The molecule has 0 aliphatic carbocycles. The Hall–Kier alpha value is -0.730. The van der Waals surface area contributed by atoms with Gasteiger partial charge in [0.2, 0.25) is 5.91 Å². The molecule has 0 aliphatic rings. The van der Waals surface area contributed by atoms with Crippen LogP contribution in [0.15, 0.2) is 0 Å². The molecular formula is C9H17N3OS. The standard InChI is InChI=1S/C9H17N3OS/c1-7(3-5-10)12-9(13)8(11)4-6-14-2/h7-8H,3-4,6,11H2,1-2H3,(H,12,13)/t7?,8-/m1/s1. The van der Waals surface area contributed by atoms with E-state index < -0.39 is 6.04 Å². The van der Waals surface area contributed by atoms with Crippen LogP contribution in [-0.4, -0.2) is 30.0 Å². The normalized spacial score (nSPS) is 14.1. The lowest BCUT2D eigenvalue weighted by atomic mass is 10.2. The minimum absolute atomic E-state index is 0.118. The smallest absolute Gasteiger partial charge is 0.237 e. The zero-order chi connectivity index (χ0) is 11.0.